The standard InChI is InChI=1S/C16H20FN3O2S/c1-12-5-6-14(10-15(12)17)23(21,22)20-8-3-4-13(11-20)16-7-9-19(2)18-16/h5-7,9-10,13H,3-4,8,11H2,1-2H3/t13-/m1/s1. The third-order valence-electron chi connectivity index (χ3n) is 4.32. The van der Waals surface area contributed by atoms with Crippen LogP contribution in [0.15, 0.2) is 35.4 Å². The third-order valence-corrected chi connectivity index (χ3v) is 6.18. The molecule has 1 aromatic heterocycles. The van der Waals surface area contributed by atoms with Crippen molar-refractivity contribution in [3.8, 4) is 0 Å². The molecule has 3 rings (SSSR count). The molecule has 2 aromatic rings. The quantitative estimate of drug-likeness (QED) is 0.864. The number of sulfonamides is 1. The molecule has 0 saturated carbocycles. The van der Waals surface area contributed by atoms with E-state index in [0.717, 1.165) is 24.6 Å². The lowest BCUT2D eigenvalue weighted by atomic mass is 9.96. The van der Waals surface area contributed by atoms with Gasteiger partial charge in [0.15, 0.2) is 0 Å². The molecule has 23 heavy (non-hydrogen) atoms. The van der Waals surface area contributed by atoms with E-state index < -0.39 is 15.8 Å². The Hall–Kier alpha value is -1.73. The van der Waals surface area contributed by atoms with Gasteiger partial charge in [-0.3, -0.25) is 4.68 Å². The van der Waals surface area contributed by atoms with Crippen LogP contribution in [0.2, 0.25) is 0 Å². The lowest BCUT2D eigenvalue weighted by Gasteiger charge is -2.31. The monoisotopic (exact) mass is 337 g/mol. The summed E-state index contributed by atoms with van der Waals surface area (Å²) >= 11 is 0. The second-order valence-electron chi connectivity index (χ2n) is 6.03. The Bertz CT molecular complexity index is 816. The topological polar surface area (TPSA) is 55.2 Å². The van der Waals surface area contributed by atoms with Gasteiger partial charge in [0.25, 0.3) is 0 Å². The maximum absolute atomic E-state index is 13.7. The molecule has 1 fully saturated rings. The van der Waals surface area contributed by atoms with Gasteiger partial charge in [0.2, 0.25) is 10.0 Å². The second-order valence-corrected chi connectivity index (χ2v) is 7.97. The second kappa shape index (κ2) is 6.05. The van der Waals surface area contributed by atoms with Crippen molar-refractivity contribution in [2.45, 2.75) is 30.6 Å². The highest BCUT2D eigenvalue weighted by molar-refractivity contribution is 7.89. The van der Waals surface area contributed by atoms with Crippen LogP contribution in [0.3, 0.4) is 0 Å². The van der Waals surface area contributed by atoms with Gasteiger partial charge in [0.05, 0.1) is 10.6 Å². The molecule has 1 aliphatic heterocycles. The molecular weight excluding hydrogens is 317 g/mol. The van der Waals surface area contributed by atoms with Crippen LogP contribution in [-0.4, -0.2) is 35.6 Å². The summed E-state index contributed by atoms with van der Waals surface area (Å²) < 4.78 is 42.4. The molecule has 1 aromatic carbocycles. The van der Waals surface area contributed by atoms with E-state index in [0.29, 0.717) is 18.7 Å². The van der Waals surface area contributed by atoms with Crippen LogP contribution in [0.1, 0.15) is 30.0 Å². The van der Waals surface area contributed by atoms with Gasteiger partial charge in [-0.2, -0.15) is 9.40 Å². The minimum Gasteiger partial charge on any atom is -0.276 e. The van der Waals surface area contributed by atoms with Crippen LogP contribution in [0.25, 0.3) is 0 Å². The first-order valence-electron chi connectivity index (χ1n) is 7.64. The molecular formula is C16H20FN3O2S. The largest absolute Gasteiger partial charge is 0.276 e. The maximum Gasteiger partial charge on any atom is 0.243 e. The third kappa shape index (κ3) is 3.16. The fourth-order valence-electron chi connectivity index (χ4n) is 2.94. The Balaban J connectivity index is 1.86. The summed E-state index contributed by atoms with van der Waals surface area (Å²) in [5.41, 5.74) is 1.34. The Labute approximate surface area is 135 Å². The number of hydrogen-bond donors (Lipinski definition) is 0. The number of halogens is 1. The molecule has 0 aliphatic carbocycles. The van der Waals surface area contributed by atoms with Crippen molar-refractivity contribution in [1.82, 2.24) is 14.1 Å². The highest BCUT2D eigenvalue weighted by Crippen LogP contribution is 2.29. The van der Waals surface area contributed by atoms with Crippen LogP contribution < -0.4 is 0 Å². The average molecular weight is 337 g/mol. The summed E-state index contributed by atoms with van der Waals surface area (Å²) in [5, 5.41) is 4.38. The molecule has 1 saturated heterocycles. The summed E-state index contributed by atoms with van der Waals surface area (Å²) in [5.74, 6) is -0.417. The zero-order valence-corrected chi connectivity index (χ0v) is 14.1. The Morgan fingerprint density at radius 1 is 1.30 bits per heavy atom. The maximum atomic E-state index is 13.7. The molecule has 7 heteroatoms. The summed E-state index contributed by atoms with van der Waals surface area (Å²) in [6.07, 6.45) is 3.54. The van der Waals surface area contributed by atoms with E-state index >= 15 is 0 Å². The van der Waals surface area contributed by atoms with Crippen LogP contribution in [0.4, 0.5) is 4.39 Å². The highest BCUT2D eigenvalue weighted by atomic mass is 32.2. The normalized spacial score (nSPS) is 19.9. The van der Waals surface area contributed by atoms with E-state index in [2.05, 4.69) is 5.10 Å². The van der Waals surface area contributed by atoms with Crippen molar-refractivity contribution in [3.63, 3.8) is 0 Å². The van der Waals surface area contributed by atoms with Crippen LogP contribution in [0.5, 0.6) is 0 Å². The Morgan fingerprint density at radius 3 is 2.74 bits per heavy atom. The number of nitrogens with zero attached hydrogens (tertiary/aromatic N) is 3. The number of aryl methyl sites for hydroxylation is 2. The molecule has 0 unspecified atom stereocenters. The first kappa shape index (κ1) is 16.1. The molecule has 1 aliphatic rings. The molecule has 0 amide bonds. The predicted octanol–water partition coefficient (Wildman–Crippen LogP) is 2.44. The minimum atomic E-state index is -3.68. The van der Waals surface area contributed by atoms with E-state index in [1.165, 1.54) is 16.4 Å². The predicted molar refractivity (Wildman–Crippen MR) is 85.1 cm³/mol. The summed E-state index contributed by atoms with van der Waals surface area (Å²) in [6.45, 7) is 2.46. The molecule has 2 heterocycles. The molecule has 1 atom stereocenters. The summed E-state index contributed by atoms with van der Waals surface area (Å²) in [4.78, 5) is 0.0160. The van der Waals surface area contributed by atoms with Gasteiger partial charge in [-0.05, 0) is 43.5 Å². The highest BCUT2D eigenvalue weighted by Gasteiger charge is 2.32. The molecule has 5 nitrogen and oxygen atoms in total. The van der Waals surface area contributed by atoms with Gasteiger partial charge >= 0.3 is 0 Å². The van der Waals surface area contributed by atoms with E-state index in [1.54, 1.807) is 11.6 Å². The van der Waals surface area contributed by atoms with Crippen molar-refractivity contribution in [1.29, 1.82) is 0 Å². The van der Waals surface area contributed by atoms with Crippen molar-refractivity contribution < 1.29 is 12.8 Å². The van der Waals surface area contributed by atoms with E-state index in [4.69, 9.17) is 0 Å². The summed E-state index contributed by atoms with van der Waals surface area (Å²) in [7, 11) is -1.83. The zero-order valence-electron chi connectivity index (χ0n) is 13.2. The number of aromatic nitrogens is 2. The fourth-order valence-corrected chi connectivity index (χ4v) is 4.47. The van der Waals surface area contributed by atoms with Gasteiger partial charge in [-0.1, -0.05) is 6.07 Å². The first-order chi connectivity index (χ1) is 10.9. The Kier molecular flexibility index (Phi) is 4.25. The molecule has 0 radical (unpaired) electrons. The number of hydrogen-bond acceptors (Lipinski definition) is 3. The van der Waals surface area contributed by atoms with Crippen LogP contribution in [-0.2, 0) is 17.1 Å². The number of rotatable bonds is 3. The molecule has 0 bridgehead atoms. The molecule has 0 spiro atoms. The van der Waals surface area contributed by atoms with E-state index in [1.807, 2.05) is 19.3 Å². The van der Waals surface area contributed by atoms with Gasteiger partial charge in [0.1, 0.15) is 5.82 Å². The van der Waals surface area contributed by atoms with Gasteiger partial charge in [-0.15, -0.1) is 0 Å². The lowest BCUT2D eigenvalue weighted by molar-refractivity contribution is 0.311. The Morgan fingerprint density at radius 2 is 2.09 bits per heavy atom. The SMILES string of the molecule is Cc1ccc(S(=O)(=O)N2CCC[C@@H](c3ccn(C)n3)C2)cc1F. The minimum absolute atomic E-state index is 0.0160. The van der Waals surface area contributed by atoms with Gasteiger partial charge in [-0.25, -0.2) is 12.8 Å². The smallest absolute Gasteiger partial charge is 0.243 e. The molecule has 124 valence electrons. The van der Waals surface area contributed by atoms with E-state index in [-0.39, 0.29) is 10.8 Å². The van der Waals surface area contributed by atoms with Crippen molar-refractivity contribution in [2.24, 2.45) is 7.05 Å². The molecule has 0 N–H and O–H groups in total. The van der Waals surface area contributed by atoms with Gasteiger partial charge < -0.3 is 0 Å². The number of piperidine rings is 1. The zero-order chi connectivity index (χ0) is 16.6. The fraction of sp³-hybridized carbons (Fsp3) is 0.438. The number of benzene rings is 1. The van der Waals surface area contributed by atoms with E-state index in [9.17, 15) is 12.8 Å². The lowest BCUT2D eigenvalue weighted by Crippen LogP contribution is -2.39. The average Bonchev–Trinajstić information content (AvgIpc) is 2.96. The first-order valence-corrected chi connectivity index (χ1v) is 9.08. The van der Waals surface area contributed by atoms with Gasteiger partial charge in [0, 0.05) is 32.3 Å². The summed E-state index contributed by atoms with van der Waals surface area (Å²) in [6, 6.07) is 6.00. The van der Waals surface area contributed by atoms with Crippen LogP contribution in [0, 0.1) is 12.7 Å². The van der Waals surface area contributed by atoms with Crippen molar-refractivity contribution >= 4 is 10.0 Å². The van der Waals surface area contributed by atoms with Crippen molar-refractivity contribution in [3.05, 3.63) is 47.5 Å². The van der Waals surface area contributed by atoms with Crippen molar-refractivity contribution in [2.75, 3.05) is 13.1 Å². The van der Waals surface area contributed by atoms with Crippen LogP contribution >= 0.6 is 0 Å².